The molecule has 1 heterocycles. The van der Waals surface area contributed by atoms with Gasteiger partial charge in [0.2, 0.25) is 0 Å². The molecule has 0 spiro atoms. The molecule has 0 bridgehead atoms. The summed E-state index contributed by atoms with van der Waals surface area (Å²) in [4.78, 5) is 18.0. The zero-order chi connectivity index (χ0) is 27.4. The van der Waals surface area contributed by atoms with Crippen LogP contribution in [0.4, 0.5) is 5.69 Å². The van der Waals surface area contributed by atoms with Crippen LogP contribution in [-0.2, 0) is 10.0 Å². The molecule has 8 nitrogen and oxygen atoms in total. The van der Waals surface area contributed by atoms with Crippen molar-refractivity contribution >= 4 is 32.8 Å². The number of rotatable bonds is 9. The summed E-state index contributed by atoms with van der Waals surface area (Å²) in [6.07, 6.45) is 0. The first-order valence-corrected chi connectivity index (χ1v) is 13.8. The van der Waals surface area contributed by atoms with Gasteiger partial charge in [0.1, 0.15) is 5.01 Å². The Morgan fingerprint density at radius 2 is 1.71 bits per heavy atom. The monoisotopic (exact) mass is 547 g/mol. The lowest BCUT2D eigenvalue weighted by Gasteiger charge is -2.12. The van der Waals surface area contributed by atoms with Crippen LogP contribution in [0, 0.1) is 25.2 Å². The molecular formula is C28H25N3O5S2. The summed E-state index contributed by atoms with van der Waals surface area (Å²) >= 11 is 1.18. The van der Waals surface area contributed by atoms with Crippen LogP contribution >= 0.6 is 11.3 Å². The van der Waals surface area contributed by atoms with Crippen molar-refractivity contribution in [1.29, 1.82) is 5.26 Å². The Kier molecular flexibility index (Phi) is 7.80. The molecule has 0 aliphatic carbocycles. The van der Waals surface area contributed by atoms with Gasteiger partial charge in [-0.15, -0.1) is 11.3 Å². The van der Waals surface area contributed by atoms with E-state index in [1.165, 1.54) is 30.6 Å². The maximum absolute atomic E-state index is 13.5. The molecule has 0 saturated carbocycles. The number of nitrogens with one attached hydrogen (secondary N) is 1. The first kappa shape index (κ1) is 26.9. The molecule has 38 heavy (non-hydrogen) atoms. The van der Waals surface area contributed by atoms with E-state index in [0.717, 1.165) is 11.1 Å². The normalized spacial score (nSPS) is 11.9. The number of nitriles is 1. The second kappa shape index (κ2) is 11.0. The van der Waals surface area contributed by atoms with Crippen molar-refractivity contribution in [3.05, 3.63) is 87.7 Å². The van der Waals surface area contributed by atoms with Gasteiger partial charge in [-0.2, -0.15) is 5.26 Å². The molecule has 0 saturated heterocycles. The highest BCUT2D eigenvalue weighted by molar-refractivity contribution is 7.92. The summed E-state index contributed by atoms with van der Waals surface area (Å²) in [5.74, 6) is -0.625. The van der Waals surface area contributed by atoms with Gasteiger partial charge in [-0.3, -0.25) is 9.52 Å². The summed E-state index contributed by atoms with van der Waals surface area (Å²) in [6, 6.07) is 18.6. The standard InChI is InChI=1S/C28H25N3O5S2/c1-17-5-9-20(10-6-17)31-38(33,34)21-11-7-18(2)22(14-21)27(32)23(15-29)28-30-24(16-37-28)19-8-12-25(35-3)26(13-19)36-4/h5-14,16,23,31H,1-4H3/t23-/m1/s1. The zero-order valence-corrected chi connectivity index (χ0v) is 22.8. The van der Waals surface area contributed by atoms with E-state index in [4.69, 9.17) is 9.47 Å². The number of hydrogen-bond acceptors (Lipinski definition) is 8. The highest BCUT2D eigenvalue weighted by atomic mass is 32.2. The van der Waals surface area contributed by atoms with Crippen LogP contribution in [0.3, 0.4) is 0 Å². The minimum Gasteiger partial charge on any atom is -0.493 e. The van der Waals surface area contributed by atoms with Gasteiger partial charge in [-0.05, 0) is 61.9 Å². The molecule has 0 unspecified atom stereocenters. The van der Waals surface area contributed by atoms with Crippen LogP contribution < -0.4 is 14.2 Å². The average molecular weight is 548 g/mol. The van der Waals surface area contributed by atoms with Crippen LogP contribution in [0.25, 0.3) is 11.3 Å². The summed E-state index contributed by atoms with van der Waals surface area (Å²) < 4.78 is 39.2. The van der Waals surface area contributed by atoms with Crippen molar-refractivity contribution in [3.8, 4) is 28.8 Å². The molecule has 1 atom stereocenters. The van der Waals surface area contributed by atoms with Crippen LogP contribution in [0.1, 0.15) is 32.4 Å². The number of sulfonamides is 1. The van der Waals surface area contributed by atoms with Gasteiger partial charge in [0, 0.05) is 22.2 Å². The number of hydrogen-bond donors (Lipinski definition) is 1. The van der Waals surface area contributed by atoms with Crippen molar-refractivity contribution in [2.45, 2.75) is 24.7 Å². The number of thiazole rings is 1. The van der Waals surface area contributed by atoms with Gasteiger partial charge in [-0.25, -0.2) is 13.4 Å². The number of benzene rings is 3. The molecule has 0 fully saturated rings. The number of ketones is 1. The fourth-order valence-electron chi connectivity index (χ4n) is 3.80. The second-order valence-corrected chi connectivity index (χ2v) is 11.1. The Bertz CT molecular complexity index is 1640. The Labute approximate surface area is 225 Å². The van der Waals surface area contributed by atoms with E-state index in [1.807, 2.05) is 19.1 Å². The quantitative estimate of drug-likeness (QED) is 0.266. The van der Waals surface area contributed by atoms with Gasteiger partial charge in [0.05, 0.1) is 30.9 Å². The van der Waals surface area contributed by atoms with Crippen molar-refractivity contribution in [1.82, 2.24) is 4.98 Å². The SMILES string of the molecule is COc1ccc(-c2csc([C@H](C#N)C(=O)c3cc(S(=O)(=O)Nc4ccc(C)cc4)ccc3C)n2)cc1OC. The highest BCUT2D eigenvalue weighted by Gasteiger charge is 2.28. The Hall–Kier alpha value is -4.20. The second-order valence-electron chi connectivity index (χ2n) is 8.52. The lowest BCUT2D eigenvalue weighted by molar-refractivity contribution is 0.0978. The summed E-state index contributed by atoms with van der Waals surface area (Å²) in [5, 5.41) is 12.0. The van der Waals surface area contributed by atoms with E-state index in [1.54, 1.807) is 61.9 Å². The van der Waals surface area contributed by atoms with Crippen molar-refractivity contribution < 1.29 is 22.7 Å². The molecule has 0 aliphatic rings. The predicted octanol–water partition coefficient (Wildman–Crippen LogP) is 5.74. The van der Waals surface area contributed by atoms with Crippen molar-refractivity contribution in [2.24, 2.45) is 0 Å². The summed E-state index contributed by atoms with van der Waals surface area (Å²) in [7, 11) is -0.883. The van der Waals surface area contributed by atoms with E-state index < -0.39 is 21.7 Å². The van der Waals surface area contributed by atoms with E-state index in [0.29, 0.717) is 33.5 Å². The van der Waals surface area contributed by atoms with Gasteiger partial charge >= 0.3 is 0 Å². The van der Waals surface area contributed by atoms with Gasteiger partial charge in [0.15, 0.2) is 23.2 Å². The van der Waals surface area contributed by atoms with Crippen molar-refractivity contribution in [3.63, 3.8) is 0 Å². The zero-order valence-electron chi connectivity index (χ0n) is 21.2. The number of carbonyl (C=O) groups is 1. The number of ether oxygens (including phenoxy) is 2. The fraction of sp³-hybridized carbons (Fsp3) is 0.179. The summed E-state index contributed by atoms with van der Waals surface area (Å²) in [5.41, 5.74) is 3.42. The van der Waals surface area contributed by atoms with Gasteiger partial charge < -0.3 is 9.47 Å². The number of anilines is 1. The number of Topliss-reactive ketones (excluding diaryl/α,β-unsaturated/α-hetero) is 1. The number of methoxy groups -OCH3 is 2. The third-order valence-electron chi connectivity index (χ3n) is 5.93. The summed E-state index contributed by atoms with van der Waals surface area (Å²) in [6.45, 7) is 3.60. The maximum atomic E-state index is 13.5. The Morgan fingerprint density at radius 1 is 1.00 bits per heavy atom. The van der Waals surface area contributed by atoms with E-state index in [9.17, 15) is 18.5 Å². The number of aryl methyl sites for hydroxylation is 2. The molecule has 3 aromatic carbocycles. The first-order chi connectivity index (χ1) is 18.2. The van der Waals surface area contributed by atoms with Crippen LogP contribution in [0.5, 0.6) is 11.5 Å². The molecular weight excluding hydrogens is 522 g/mol. The minimum atomic E-state index is -3.96. The minimum absolute atomic E-state index is 0.0751. The van der Waals surface area contributed by atoms with E-state index in [2.05, 4.69) is 9.71 Å². The lowest BCUT2D eigenvalue weighted by atomic mass is 9.96. The van der Waals surface area contributed by atoms with E-state index >= 15 is 0 Å². The maximum Gasteiger partial charge on any atom is 0.261 e. The molecule has 1 N–H and O–H groups in total. The topological polar surface area (TPSA) is 118 Å². The molecule has 4 aromatic rings. The lowest BCUT2D eigenvalue weighted by Crippen LogP contribution is -2.16. The van der Waals surface area contributed by atoms with Gasteiger partial charge in [-0.1, -0.05) is 23.8 Å². The number of carbonyl (C=O) groups excluding carboxylic acids is 1. The molecule has 0 amide bonds. The van der Waals surface area contributed by atoms with Crippen LogP contribution in [-0.4, -0.2) is 33.4 Å². The van der Waals surface area contributed by atoms with Gasteiger partial charge in [0.25, 0.3) is 10.0 Å². The molecule has 10 heteroatoms. The molecule has 1 aromatic heterocycles. The average Bonchev–Trinajstić information content (AvgIpc) is 3.39. The third kappa shape index (κ3) is 5.54. The van der Waals surface area contributed by atoms with Crippen molar-refractivity contribution in [2.75, 3.05) is 18.9 Å². The molecule has 0 radical (unpaired) electrons. The molecule has 4 rings (SSSR count). The fourth-order valence-corrected chi connectivity index (χ4v) is 5.75. The predicted molar refractivity (Wildman–Crippen MR) is 147 cm³/mol. The van der Waals surface area contributed by atoms with Crippen LogP contribution in [0.2, 0.25) is 0 Å². The first-order valence-electron chi connectivity index (χ1n) is 11.5. The Morgan fingerprint density at radius 3 is 2.37 bits per heavy atom. The Balaban J connectivity index is 1.63. The smallest absolute Gasteiger partial charge is 0.261 e. The van der Waals surface area contributed by atoms with E-state index in [-0.39, 0.29) is 10.5 Å². The van der Waals surface area contributed by atoms with Crippen LogP contribution in [0.15, 0.2) is 70.9 Å². The largest absolute Gasteiger partial charge is 0.493 e. The number of aromatic nitrogens is 1. The molecule has 0 aliphatic heterocycles. The number of nitrogens with zero attached hydrogens (tertiary/aromatic N) is 2. The third-order valence-corrected chi connectivity index (χ3v) is 8.22. The highest BCUT2D eigenvalue weighted by Crippen LogP contribution is 2.34. The molecule has 194 valence electrons.